The van der Waals surface area contributed by atoms with E-state index < -0.39 is 9.87 Å². The lowest BCUT2D eigenvalue weighted by atomic mass is 10.2. The van der Waals surface area contributed by atoms with E-state index in [4.69, 9.17) is 0 Å². The highest BCUT2D eigenvalue weighted by Gasteiger charge is 2.17. The first kappa shape index (κ1) is 9.12. The third kappa shape index (κ3) is 2.01. The van der Waals surface area contributed by atoms with Gasteiger partial charge >= 0.3 is 0 Å². The quantitative estimate of drug-likeness (QED) is 0.338. The number of halogens is 1. The van der Waals surface area contributed by atoms with Gasteiger partial charge in [0.15, 0.2) is 0 Å². The molecule has 1 heterocycles. The number of nitrogens with zero attached hydrogens (tertiary/aromatic N) is 2. The predicted molar refractivity (Wildman–Crippen MR) is 47.6 cm³/mol. The summed E-state index contributed by atoms with van der Waals surface area (Å²) < 4.78 is 0. The Morgan fingerprint density at radius 1 is 1.75 bits per heavy atom. The molecule has 0 N–H and O–H groups in total. The van der Waals surface area contributed by atoms with Crippen LogP contribution >= 0.6 is 15.9 Å². The Balaban J connectivity index is 2.95. The minimum absolute atomic E-state index is 0.394. The van der Waals surface area contributed by atoms with Crippen molar-refractivity contribution in [1.82, 2.24) is 4.98 Å². The Bertz CT molecular complexity index is 303. The molecule has 0 radical (unpaired) electrons. The molecule has 0 fully saturated rings. The highest BCUT2D eigenvalue weighted by molar-refractivity contribution is 9.09. The fourth-order valence-electron chi connectivity index (χ4n) is 0.837. The van der Waals surface area contributed by atoms with Crippen LogP contribution in [0.15, 0.2) is 18.3 Å². The van der Waals surface area contributed by atoms with Gasteiger partial charge in [0.2, 0.25) is 0 Å². The molecule has 12 heavy (non-hydrogen) atoms. The fourth-order valence-corrected chi connectivity index (χ4v) is 1.12. The summed E-state index contributed by atoms with van der Waals surface area (Å²) >= 11 is 2.96. The molecule has 1 rings (SSSR count). The molecule has 0 aliphatic rings. The van der Waals surface area contributed by atoms with Crippen molar-refractivity contribution in [2.45, 2.75) is 11.9 Å². The lowest BCUT2D eigenvalue weighted by molar-refractivity contribution is -0.498. The Kier molecular flexibility index (Phi) is 2.75. The van der Waals surface area contributed by atoms with Crippen molar-refractivity contribution in [3.8, 4) is 0 Å². The van der Waals surface area contributed by atoms with Crippen LogP contribution < -0.4 is 0 Å². The largest absolute Gasteiger partial charge is 0.291 e. The topological polar surface area (TPSA) is 56.0 Å². The van der Waals surface area contributed by atoms with E-state index in [2.05, 4.69) is 20.9 Å². The van der Waals surface area contributed by atoms with Gasteiger partial charge in [-0.2, -0.15) is 0 Å². The van der Waals surface area contributed by atoms with Gasteiger partial charge < -0.3 is 0 Å². The van der Waals surface area contributed by atoms with Gasteiger partial charge in [-0.15, -0.1) is 0 Å². The number of alkyl halides is 1. The Hall–Kier alpha value is -0.970. The molecule has 0 aliphatic heterocycles. The number of aryl methyl sites for hydroxylation is 1. The van der Waals surface area contributed by atoms with Crippen LogP contribution in [0.5, 0.6) is 0 Å². The van der Waals surface area contributed by atoms with Gasteiger partial charge in [0.1, 0.15) is 0 Å². The first-order chi connectivity index (χ1) is 5.61. The second-order valence-corrected chi connectivity index (χ2v) is 3.22. The summed E-state index contributed by atoms with van der Waals surface area (Å²) in [4.78, 5) is 13.1. The van der Waals surface area contributed by atoms with E-state index >= 15 is 0 Å². The predicted octanol–water partition coefficient (Wildman–Crippen LogP) is 2.06. The highest BCUT2D eigenvalue weighted by atomic mass is 79.9. The van der Waals surface area contributed by atoms with Gasteiger partial charge in [-0.05, 0) is 19.1 Å². The molecule has 0 aromatic carbocycles. The zero-order chi connectivity index (χ0) is 9.14. The van der Waals surface area contributed by atoms with Crippen molar-refractivity contribution in [3.63, 3.8) is 0 Å². The first-order valence-corrected chi connectivity index (χ1v) is 4.23. The van der Waals surface area contributed by atoms with Crippen LogP contribution in [0.1, 0.15) is 16.2 Å². The molecule has 0 aliphatic carbocycles. The first-order valence-electron chi connectivity index (χ1n) is 3.31. The van der Waals surface area contributed by atoms with E-state index in [1.807, 2.05) is 0 Å². The van der Waals surface area contributed by atoms with Crippen molar-refractivity contribution in [2.24, 2.45) is 0 Å². The zero-order valence-electron chi connectivity index (χ0n) is 6.40. The van der Waals surface area contributed by atoms with E-state index in [1.165, 1.54) is 0 Å². The summed E-state index contributed by atoms with van der Waals surface area (Å²) in [6.07, 6.45) is 1.56. The molecule has 0 spiro atoms. The van der Waals surface area contributed by atoms with Crippen LogP contribution in [0, 0.1) is 17.0 Å². The number of rotatable bonds is 2. The summed E-state index contributed by atoms with van der Waals surface area (Å²) in [5.41, 5.74) is 1.39. The summed E-state index contributed by atoms with van der Waals surface area (Å²) in [6, 6.07) is 3.30. The van der Waals surface area contributed by atoms with Crippen LogP contribution in [0.3, 0.4) is 0 Å². The van der Waals surface area contributed by atoms with E-state index in [9.17, 15) is 10.1 Å². The summed E-state index contributed by atoms with van der Waals surface area (Å²) in [5.74, 6) is 0. The number of aromatic nitrogens is 1. The standard InChI is InChI=1S/C7H7BrN2O2/c1-5-4-6(2-3-9-5)7(8)10(11)12/h2-4,7H,1H3. The van der Waals surface area contributed by atoms with Crippen molar-refractivity contribution < 1.29 is 4.92 Å². The van der Waals surface area contributed by atoms with Gasteiger partial charge in [0.25, 0.3) is 4.95 Å². The Labute approximate surface area is 77.9 Å². The van der Waals surface area contributed by atoms with Crippen molar-refractivity contribution in [3.05, 3.63) is 39.7 Å². The average Bonchev–Trinajstić information content (AvgIpc) is 2.03. The molecule has 0 bridgehead atoms. The van der Waals surface area contributed by atoms with Crippen LogP contribution in [0.25, 0.3) is 0 Å². The third-order valence-corrected chi connectivity index (χ3v) is 2.24. The maximum Gasteiger partial charge on any atom is 0.291 e. The summed E-state index contributed by atoms with van der Waals surface area (Å²) in [5, 5.41) is 10.3. The van der Waals surface area contributed by atoms with Crippen molar-refractivity contribution in [2.75, 3.05) is 0 Å². The normalized spacial score (nSPS) is 12.5. The maximum absolute atomic E-state index is 10.3. The zero-order valence-corrected chi connectivity index (χ0v) is 7.98. The van der Waals surface area contributed by atoms with E-state index in [1.54, 1.807) is 25.3 Å². The molecule has 5 heteroatoms. The average molecular weight is 231 g/mol. The molecular weight excluding hydrogens is 224 g/mol. The van der Waals surface area contributed by atoms with Crippen molar-refractivity contribution >= 4 is 15.9 Å². The van der Waals surface area contributed by atoms with Gasteiger partial charge in [-0.1, -0.05) is 0 Å². The van der Waals surface area contributed by atoms with Crippen LogP contribution in [-0.2, 0) is 0 Å². The molecule has 1 aromatic heterocycles. The van der Waals surface area contributed by atoms with Gasteiger partial charge in [-0.3, -0.25) is 15.1 Å². The van der Waals surface area contributed by atoms with Crippen LogP contribution in [-0.4, -0.2) is 9.91 Å². The van der Waals surface area contributed by atoms with Gasteiger partial charge in [-0.25, -0.2) is 0 Å². The Morgan fingerprint density at radius 3 is 2.92 bits per heavy atom. The number of nitro groups is 1. The molecular formula is C7H7BrN2O2. The number of hydrogen-bond acceptors (Lipinski definition) is 3. The summed E-state index contributed by atoms with van der Waals surface area (Å²) in [6.45, 7) is 1.79. The molecule has 64 valence electrons. The Morgan fingerprint density at radius 2 is 2.42 bits per heavy atom. The van der Waals surface area contributed by atoms with Crippen LogP contribution in [0.2, 0.25) is 0 Å². The molecule has 1 atom stereocenters. The van der Waals surface area contributed by atoms with Gasteiger partial charge in [0.05, 0.1) is 0 Å². The minimum atomic E-state index is -0.834. The smallest absolute Gasteiger partial charge is 0.263 e. The minimum Gasteiger partial charge on any atom is -0.263 e. The van der Waals surface area contributed by atoms with Gasteiger partial charge in [0, 0.05) is 38.3 Å². The van der Waals surface area contributed by atoms with Crippen molar-refractivity contribution in [1.29, 1.82) is 0 Å². The molecule has 0 amide bonds. The van der Waals surface area contributed by atoms with E-state index in [0.29, 0.717) is 5.56 Å². The third-order valence-electron chi connectivity index (χ3n) is 1.38. The fraction of sp³-hybridized carbons (Fsp3) is 0.286. The second-order valence-electron chi connectivity index (χ2n) is 2.35. The molecule has 0 saturated carbocycles. The van der Waals surface area contributed by atoms with E-state index in [0.717, 1.165) is 5.69 Å². The monoisotopic (exact) mass is 230 g/mol. The highest BCUT2D eigenvalue weighted by Crippen LogP contribution is 2.22. The lowest BCUT2D eigenvalue weighted by Gasteiger charge is -2.01. The lowest BCUT2D eigenvalue weighted by Crippen LogP contribution is -2.03. The second kappa shape index (κ2) is 3.62. The number of hydrogen-bond donors (Lipinski definition) is 0. The maximum atomic E-state index is 10.3. The number of pyridine rings is 1. The van der Waals surface area contributed by atoms with Crippen LogP contribution in [0.4, 0.5) is 0 Å². The molecule has 0 saturated heterocycles. The van der Waals surface area contributed by atoms with E-state index in [-0.39, 0.29) is 0 Å². The molecule has 1 unspecified atom stereocenters. The SMILES string of the molecule is Cc1cc(C(Br)[N+](=O)[O-])ccn1. The summed E-state index contributed by atoms with van der Waals surface area (Å²) in [7, 11) is 0. The molecule has 4 nitrogen and oxygen atoms in total. The molecule has 1 aromatic rings.